The molecule has 0 saturated carbocycles. The van der Waals surface area contributed by atoms with Gasteiger partial charge in [-0.05, 0) is 18.9 Å². The van der Waals surface area contributed by atoms with Crippen LogP contribution in [0.1, 0.15) is 33.2 Å². The molecule has 1 aromatic rings. The van der Waals surface area contributed by atoms with Crippen molar-refractivity contribution in [2.45, 2.75) is 39.3 Å². The number of hydrogen-bond donors (Lipinski definition) is 3. The second-order valence-corrected chi connectivity index (χ2v) is 5.74. The molecule has 0 spiro atoms. The van der Waals surface area contributed by atoms with Crippen molar-refractivity contribution < 1.29 is 9.59 Å². The van der Waals surface area contributed by atoms with E-state index in [1.54, 1.807) is 6.07 Å². The average molecular weight is 293 g/mol. The van der Waals surface area contributed by atoms with E-state index in [9.17, 15) is 9.59 Å². The topological polar surface area (TPSA) is 88.0 Å². The lowest BCUT2D eigenvalue weighted by Crippen LogP contribution is -2.46. The third-order valence-corrected chi connectivity index (χ3v) is 3.58. The minimum Gasteiger partial charge on any atom is -0.344 e. The van der Waals surface area contributed by atoms with Crippen molar-refractivity contribution in [3.8, 4) is 0 Å². The van der Waals surface area contributed by atoms with Crippen molar-refractivity contribution in [3.63, 3.8) is 0 Å². The number of anilines is 1. The molecule has 116 valence electrons. The Morgan fingerprint density at radius 3 is 2.81 bits per heavy atom. The molecule has 0 radical (unpaired) electrons. The summed E-state index contributed by atoms with van der Waals surface area (Å²) in [5.41, 5.74) is 0. The summed E-state index contributed by atoms with van der Waals surface area (Å²) >= 11 is 0. The maximum Gasteiger partial charge on any atom is 0.248 e. The fraction of sp³-hybridized carbons (Fsp3) is 0.643. The van der Waals surface area contributed by atoms with Gasteiger partial charge in [-0.25, -0.2) is 0 Å². The van der Waals surface area contributed by atoms with E-state index in [4.69, 9.17) is 0 Å². The van der Waals surface area contributed by atoms with E-state index in [-0.39, 0.29) is 17.7 Å². The van der Waals surface area contributed by atoms with Crippen molar-refractivity contribution in [3.05, 3.63) is 12.3 Å². The Kier molecular flexibility index (Phi) is 4.95. The van der Waals surface area contributed by atoms with Gasteiger partial charge in [-0.1, -0.05) is 13.8 Å². The highest BCUT2D eigenvalue weighted by Gasteiger charge is 2.24. The number of aromatic nitrogens is 2. The minimum absolute atomic E-state index is 0.00928. The monoisotopic (exact) mass is 293 g/mol. The third kappa shape index (κ3) is 4.04. The van der Waals surface area contributed by atoms with Gasteiger partial charge >= 0.3 is 0 Å². The molecule has 7 nitrogen and oxygen atoms in total. The summed E-state index contributed by atoms with van der Waals surface area (Å²) in [7, 11) is 0. The van der Waals surface area contributed by atoms with E-state index < -0.39 is 6.04 Å². The Morgan fingerprint density at radius 2 is 2.24 bits per heavy atom. The van der Waals surface area contributed by atoms with Crippen LogP contribution in [0.5, 0.6) is 0 Å². The molecule has 2 rings (SSSR count). The SMILES string of the molecule is CC(=O)N[C@H](C(=O)Nc1ccn([C@@H]2CCNC2)n1)C(C)C. The van der Waals surface area contributed by atoms with Crippen LogP contribution in [0.15, 0.2) is 12.3 Å². The highest BCUT2D eigenvalue weighted by atomic mass is 16.2. The summed E-state index contributed by atoms with van der Waals surface area (Å²) in [6, 6.07) is 1.56. The first-order chi connectivity index (χ1) is 9.97. The number of carbonyl (C=O) groups excluding carboxylic acids is 2. The van der Waals surface area contributed by atoms with Crippen LogP contribution >= 0.6 is 0 Å². The second kappa shape index (κ2) is 6.71. The van der Waals surface area contributed by atoms with Gasteiger partial charge in [0.25, 0.3) is 0 Å². The van der Waals surface area contributed by atoms with Crippen LogP contribution in [0.4, 0.5) is 5.82 Å². The van der Waals surface area contributed by atoms with E-state index in [0.717, 1.165) is 19.5 Å². The predicted octanol–water partition coefficient (Wildman–Crippen LogP) is 0.517. The lowest BCUT2D eigenvalue weighted by Gasteiger charge is -2.20. The molecule has 0 aliphatic carbocycles. The van der Waals surface area contributed by atoms with Gasteiger partial charge in [-0.15, -0.1) is 0 Å². The van der Waals surface area contributed by atoms with Gasteiger partial charge < -0.3 is 16.0 Å². The van der Waals surface area contributed by atoms with Gasteiger partial charge in [-0.2, -0.15) is 5.10 Å². The van der Waals surface area contributed by atoms with E-state index in [0.29, 0.717) is 11.9 Å². The van der Waals surface area contributed by atoms with E-state index in [2.05, 4.69) is 21.0 Å². The maximum atomic E-state index is 12.2. The lowest BCUT2D eigenvalue weighted by atomic mass is 10.0. The number of carbonyl (C=O) groups is 2. The fourth-order valence-corrected chi connectivity index (χ4v) is 2.43. The number of amides is 2. The Labute approximate surface area is 124 Å². The van der Waals surface area contributed by atoms with E-state index in [1.807, 2.05) is 24.7 Å². The van der Waals surface area contributed by atoms with Gasteiger partial charge in [0.1, 0.15) is 6.04 Å². The fourth-order valence-electron chi connectivity index (χ4n) is 2.43. The molecule has 0 bridgehead atoms. The maximum absolute atomic E-state index is 12.2. The Balaban J connectivity index is 1.99. The first-order valence-electron chi connectivity index (χ1n) is 7.31. The zero-order valence-corrected chi connectivity index (χ0v) is 12.7. The molecule has 2 heterocycles. The van der Waals surface area contributed by atoms with Crippen molar-refractivity contribution in [1.29, 1.82) is 0 Å². The number of hydrogen-bond acceptors (Lipinski definition) is 4. The first kappa shape index (κ1) is 15.5. The van der Waals surface area contributed by atoms with Gasteiger partial charge in [0.15, 0.2) is 5.82 Å². The number of nitrogens with zero attached hydrogens (tertiary/aromatic N) is 2. The van der Waals surface area contributed by atoms with Crippen molar-refractivity contribution >= 4 is 17.6 Å². The lowest BCUT2D eigenvalue weighted by molar-refractivity contribution is -0.126. The molecule has 0 unspecified atom stereocenters. The molecule has 2 amide bonds. The Hall–Kier alpha value is -1.89. The van der Waals surface area contributed by atoms with E-state index >= 15 is 0 Å². The summed E-state index contributed by atoms with van der Waals surface area (Å²) in [6.45, 7) is 7.08. The molecule has 1 fully saturated rings. The summed E-state index contributed by atoms with van der Waals surface area (Å²) in [6.07, 6.45) is 2.91. The van der Waals surface area contributed by atoms with Crippen molar-refractivity contribution in [1.82, 2.24) is 20.4 Å². The predicted molar refractivity (Wildman–Crippen MR) is 79.8 cm³/mol. The normalized spacial score (nSPS) is 19.5. The molecular formula is C14H23N5O2. The van der Waals surface area contributed by atoms with Gasteiger partial charge in [0.05, 0.1) is 6.04 Å². The quantitative estimate of drug-likeness (QED) is 0.738. The number of rotatable bonds is 5. The smallest absolute Gasteiger partial charge is 0.248 e. The van der Waals surface area contributed by atoms with Crippen LogP contribution in [-0.2, 0) is 9.59 Å². The van der Waals surface area contributed by atoms with Crippen LogP contribution in [0, 0.1) is 5.92 Å². The molecule has 7 heteroatoms. The van der Waals surface area contributed by atoms with Crippen LogP contribution < -0.4 is 16.0 Å². The Bertz CT molecular complexity index is 505. The molecule has 2 atom stereocenters. The molecule has 1 aromatic heterocycles. The molecule has 1 aliphatic rings. The summed E-state index contributed by atoms with van der Waals surface area (Å²) in [5, 5.41) is 13.1. The summed E-state index contributed by atoms with van der Waals surface area (Å²) in [4.78, 5) is 23.4. The summed E-state index contributed by atoms with van der Waals surface area (Å²) in [5.74, 6) is 0.0688. The molecule has 1 saturated heterocycles. The second-order valence-electron chi connectivity index (χ2n) is 5.74. The van der Waals surface area contributed by atoms with Gasteiger partial charge in [0.2, 0.25) is 11.8 Å². The van der Waals surface area contributed by atoms with Crippen molar-refractivity contribution in [2.75, 3.05) is 18.4 Å². The molecule has 1 aliphatic heterocycles. The largest absolute Gasteiger partial charge is 0.344 e. The molecular weight excluding hydrogens is 270 g/mol. The highest BCUT2D eigenvalue weighted by molar-refractivity contribution is 5.96. The van der Waals surface area contributed by atoms with Crippen molar-refractivity contribution in [2.24, 2.45) is 5.92 Å². The molecule has 3 N–H and O–H groups in total. The minimum atomic E-state index is -0.555. The van der Waals surface area contributed by atoms with Crippen LogP contribution in [0.2, 0.25) is 0 Å². The van der Waals surface area contributed by atoms with E-state index in [1.165, 1.54) is 6.92 Å². The van der Waals surface area contributed by atoms with Crippen LogP contribution in [0.25, 0.3) is 0 Å². The summed E-state index contributed by atoms with van der Waals surface area (Å²) < 4.78 is 1.87. The highest BCUT2D eigenvalue weighted by Crippen LogP contribution is 2.16. The number of nitrogens with one attached hydrogen (secondary N) is 3. The van der Waals surface area contributed by atoms with Crippen LogP contribution in [-0.4, -0.2) is 40.7 Å². The first-order valence-corrected chi connectivity index (χ1v) is 7.31. The standard InChI is InChI=1S/C14H23N5O2/c1-9(2)13(16-10(3)20)14(21)17-12-5-7-19(18-12)11-4-6-15-8-11/h5,7,9,11,13,15H,4,6,8H2,1-3H3,(H,16,20)(H,17,18,21)/t11-,13+/m1/s1. The molecule has 21 heavy (non-hydrogen) atoms. The third-order valence-electron chi connectivity index (χ3n) is 3.58. The Morgan fingerprint density at radius 1 is 1.48 bits per heavy atom. The zero-order valence-electron chi connectivity index (χ0n) is 12.7. The zero-order chi connectivity index (χ0) is 15.4. The van der Waals surface area contributed by atoms with Gasteiger partial charge in [0, 0.05) is 25.7 Å². The van der Waals surface area contributed by atoms with Gasteiger partial charge in [-0.3, -0.25) is 14.3 Å². The van der Waals surface area contributed by atoms with Crippen LogP contribution in [0.3, 0.4) is 0 Å². The average Bonchev–Trinajstić information content (AvgIpc) is 3.05. The molecule has 0 aromatic carbocycles.